The van der Waals surface area contributed by atoms with Gasteiger partial charge in [0.15, 0.2) is 6.10 Å². The number of halogens is 2. The Morgan fingerprint density at radius 1 is 1.46 bits per heavy atom. The van der Waals surface area contributed by atoms with Gasteiger partial charge in [-0.3, -0.25) is 10.1 Å². The zero-order valence-electron chi connectivity index (χ0n) is 12.8. The van der Waals surface area contributed by atoms with Crippen LogP contribution in [0.1, 0.15) is 30.9 Å². The molecule has 2 atom stereocenters. The van der Waals surface area contributed by atoms with E-state index in [1.54, 1.807) is 25.1 Å². The number of nitrogens with one attached hydrogen (secondary N) is 1. The van der Waals surface area contributed by atoms with Crippen molar-refractivity contribution in [2.45, 2.75) is 32.0 Å². The number of amides is 1. The van der Waals surface area contributed by atoms with Crippen molar-refractivity contribution in [1.29, 1.82) is 0 Å². The molecule has 0 aliphatic carbocycles. The molecule has 1 aliphatic heterocycles. The van der Waals surface area contributed by atoms with Crippen LogP contribution >= 0.6 is 34.5 Å². The third-order valence-electron chi connectivity index (χ3n) is 3.44. The van der Waals surface area contributed by atoms with Crippen LogP contribution in [0.2, 0.25) is 10.0 Å². The molecule has 128 valence electrons. The van der Waals surface area contributed by atoms with Crippen molar-refractivity contribution in [1.82, 2.24) is 10.2 Å². The van der Waals surface area contributed by atoms with Crippen LogP contribution in [-0.2, 0) is 9.53 Å². The molecule has 0 saturated carbocycles. The van der Waals surface area contributed by atoms with E-state index >= 15 is 0 Å². The molecule has 2 heterocycles. The van der Waals surface area contributed by atoms with Gasteiger partial charge in [-0.05, 0) is 38.0 Å². The summed E-state index contributed by atoms with van der Waals surface area (Å²) in [5, 5.41) is 12.8. The molecule has 1 aromatic carbocycles. The molecule has 1 amide bonds. The zero-order valence-corrected chi connectivity index (χ0v) is 15.1. The number of anilines is 1. The van der Waals surface area contributed by atoms with Gasteiger partial charge in [-0.25, -0.2) is 0 Å². The van der Waals surface area contributed by atoms with Crippen molar-refractivity contribution >= 4 is 45.6 Å². The molecule has 1 aliphatic rings. The fraction of sp³-hybridized carbons (Fsp3) is 0.400. The van der Waals surface area contributed by atoms with Gasteiger partial charge < -0.3 is 9.47 Å². The first-order valence-corrected chi connectivity index (χ1v) is 8.98. The number of aromatic nitrogens is 2. The van der Waals surface area contributed by atoms with Crippen molar-refractivity contribution in [3.8, 4) is 5.75 Å². The summed E-state index contributed by atoms with van der Waals surface area (Å²) in [6, 6.07) is 4.82. The summed E-state index contributed by atoms with van der Waals surface area (Å²) >= 11 is 13.2. The molecule has 2 aromatic rings. The number of benzene rings is 1. The molecule has 1 aromatic heterocycles. The van der Waals surface area contributed by atoms with Gasteiger partial charge in [0.05, 0.1) is 5.02 Å². The highest BCUT2D eigenvalue weighted by molar-refractivity contribution is 7.15. The van der Waals surface area contributed by atoms with Crippen molar-refractivity contribution in [3.63, 3.8) is 0 Å². The van der Waals surface area contributed by atoms with Crippen LogP contribution in [0.5, 0.6) is 5.75 Å². The largest absolute Gasteiger partial charge is 0.479 e. The van der Waals surface area contributed by atoms with E-state index in [0.717, 1.165) is 24.5 Å². The van der Waals surface area contributed by atoms with Gasteiger partial charge in [0.1, 0.15) is 16.9 Å². The predicted molar refractivity (Wildman–Crippen MR) is 93.0 cm³/mol. The van der Waals surface area contributed by atoms with Crippen LogP contribution in [0.4, 0.5) is 5.13 Å². The lowest BCUT2D eigenvalue weighted by molar-refractivity contribution is -0.122. The first-order valence-electron chi connectivity index (χ1n) is 7.40. The first-order chi connectivity index (χ1) is 11.5. The average molecular weight is 388 g/mol. The lowest BCUT2D eigenvalue weighted by Gasteiger charge is -2.14. The standard InChI is InChI=1S/C15H15Cl2N3O3S/c1-8(23-11-5-4-9(16)7-10(11)17)13(21)18-15-20-19-14(24-15)12-3-2-6-22-12/h4-5,7-8,12H,2-3,6H2,1H3,(H,18,20,21). The van der Waals surface area contributed by atoms with E-state index in [1.807, 2.05) is 0 Å². The molecule has 9 heteroatoms. The highest BCUT2D eigenvalue weighted by Gasteiger charge is 2.23. The SMILES string of the molecule is CC(Oc1ccc(Cl)cc1Cl)C(=O)Nc1nnc(C2CCCO2)s1. The first kappa shape index (κ1) is 17.4. The summed E-state index contributed by atoms with van der Waals surface area (Å²) in [5.74, 6) is 0.0529. The van der Waals surface area contributed by atoms with E-state index in [9.17, 15) is 4.79 Å². The molecule has 1 saturated heterocycles. The number of nitrogens with zero attached hydrogens (tertiary/aromatic N) is 2. The summed E-state index contributed by atoms with van der Waals surface area (Å²) in [4.78, 5) is 12.2. The normalized spacial score (nSPS) is 18.4. The van der Waals surface area contributed by atoms with Crippen LogP contribution in [0.25, 0.3) is 0 Å². The fourth-order valence-electron chi connectivity index (χ4n) is 2.21. The van der Waals surface area contributed by atoms with Gasteiger partial charge in [-0.15, -0.1) is 10.2 Å². The molecule has 2 unspecified atom stereocenters. The predicted octanol–water partition coefficient (Wildman–Crippen LogP) is 4.10. The minimum atomic E-state index is -0.751. The van der Waals surface area contributed by atoms with Crippen molar-refractivity contribution in [2.75, 3.05) is 11.9 Å². The summed E-state index contributed by atoms with van der Waals surface area (Å²) in [7, 11) is 0. The van der Waals surface area contributed by atoms with Crippen LogP contribution in [0, 0.1) is 0 Å². The van der Waals surface area contributed by atoms with E-state index < -0.39 is 6.10 Å². The topological polar surface area (TPSA) is 73.3 Å². The number of carbonyl (C=O) groups is 1. The van der Waals surface area contributed by atoms with E-state index in [4.69, 9.17) is 32.7 Å². The van der Waals surface area contributed by atoms with Gasteiger partial charge in [0.2, 0.25) is 5.13 Å². The van der Waals surface area contributed by atoms with Gasteiger partial charge >= 0.3 is 0 Å². The average Bonchev–Trinajstić information content (AvgIpc) is 3.20. The molecular formula is C15H15Cl2N3O3S. The van der Waals surface area contributed by atoms with Crippen LogP contribution in [0.15, 0.2) is 18.2 Å². The van der Waals surface area contributed by atoms with E-state index in [0.29, 0.717) is 20.9 Å². The summed E-state index contributed by atoms with van der Waals surface area (Å²) < 4.78 is 11.1. The smallest absolute Gasteiger partial charge is 0.266 e. The Kier molecular flexibility index (Phi) is 5.55. The maximum Gasteiger partial charge on any atom is 0.266 e. The minimum Gasteiger partial charge on any atom is -0.479 e. The maximum absolute atomic E-state index is 12.2. The molecule has 0 radical (unpaired) electrons. The Hall–Kier alpha value is -1.41. The van der Waals surface area contributed by atoms with Crippen LogP contribution < -0.4 is 10.1 Å². The van der Waals surface area contributed by atoms with Crippen molar-refractivity contribution in [2.24, 2.45) is 0 Å². The summed E-state index contributed by atoms with van der Waals surface area (Å²) in [6.45, 7) is 2.36. The Bertz CT molecular complexity index is 735. The summed E-state index contributed by atoms with van der Waals surface area (Å²) in [5.41, 5.74) is 0. The highest BCUT2D eigenvalue weighted by atomic mass is 35.5. The van der Waals surface area contributed by atoms with Crippen molar-refractivity contribution < 1.29 is 14.3 Å². The van der Waals surface area contributed by atoms with Crippen molar-refractivity contribution in [3.05, 3.63) is 33.3 Å². The molecule has 1 N–H and O–H groups in total. The number of carbonyl (C=O) groups excluding carboxylic acids is 1. The number of hydrogen-bond donors (Lipinski definition) is 1. The van der Waals surface area contributed by atoms with Gasteiger partial charge in [0, 0.05) is 11.6 Å². The molecular weight excluding hydrogens is 373 g/mol. The second kappa shape index (κ2) is 7.65. The lowest BCUT2D eigenvalue weighted by Crippen LogP contribution is -2.30. The van der Waals surface area contributed by atoms with Crippen LogP contribution in [-0.4, -0.2) is 28.8 Å². The molecule has 1 fully saturated rings. The summed E-state index contributed by atoms with van der Waals surface area (Å²) in [6.07, 6.45) is 1.17. The highest BCUT2D eigenvalue weighted by Crippen LogP contribution is 2.32. The van der Waals surface area contributed by atoms with Gasteiger partial charge in [0.25, 0.3) is 5.91 Å². The molecule has 3 rings (SSSR count). The Morgan fingerprint density at radius 3 is 3.00 bits per heavy atom. The fourth-order valence-corrected chi connectivity index (χ4v) is 3.49. The third kappa shape index (κ3) is 4.16. The van der Waals surface area contributed by atoms with E-state index in [2.05, 4.69) is 15.5 Å². The molecule has 0 spiro atoms. The molecule has 6 nitrogen and oxygen atoms in total. The Labute approximate surface area is 153 Å². The lowest BCUT2D eigenvalue weighted by atomic mass is 10.2. The maximum atomic E-state index is 12.2. The van der Waals surface area contributed by atoms with Gasteiger partial charge in [-0.2, -0.15) is 0 Å². The van der Waals surface area contributed by atoms with E-state index in [1.165, 1.54) is 11.3 Å². The number of rotatable bonds is 5. The quantitative estimate of drug-likeness (QED) is 0.835. The Morgan fingerprint density at radius 2 is 2.29 bits per heavy atom. The Balaban J connectivity index is 1.59. The molecule has 0 bridgehead atoms. The van der Waals surface area contributed by atoms with Gasteiger partial charge in [-0.1, -0.05) is 34.5 Å². The second-order valence-electron chi connectivity index (χ2n) is 5.27. The van der Waals surface area contributed by atoms with E-state index in [-0.39, 0.29) is 12.0 Å². The van der Waals surface area contributed by atoms with Crippen LogP contribution in [0.3, 0.4) is 0 Å². The molecule has 24 heavy (non-hydrogen) atoms. The monoisotopic (exact) mass is 387 g/mol. The number of hydrogen-bond acceptors (Lipinski definition) is 6. The number of ether oxygens (including phenoxy) is 2. The zero-order chi connectivity index (χ0) is 17.1. The second-order valence-corrected chi connectivity index (χ2v) is 7.12. The third-order valence-corrected chi connectivity index (χ3v) is 4.90. The minimum absolute atomic E-state index is 0.0188.